The summed E-state index contributed by atoms with van der Waals surface area (Å²) in [4.78, 5) is 0. The van der Waals surface area contributed by atoms with Gasteiger partial charge in [0.05, 0.1) is 13.7 Å². The van der Waals surface area contributed by atoms with Crippen LogP contribution >= 0.6 is 0 Å². The first-order chi connectivity index (χ1) is 8.31. The molecule has 96 valence electrons. The fourth-order valence-corrected chi connectivity index (χ4v) is 1.69. The average Bonchev–Trinajstić information content (AvgIpc) is 2.38. The summed E-state index contributed by atoms with van der Waals surface area (Å²) < 4.78 is 10.9. The lowest BCUT2D eigenvalue weighted by Crippen LogP contribution is -2.04. The van der Waals surface area contributed by atoms with Gasteiger partial charge in [0, 0.05) is 12.1 Å². The smallest absolute Gasteiger partial charge is 0.124 e. The maximum atomic E-state index is 5.74. The summed E-state index contributed by atoms with van der Waals surface area (Å²) >= 11 is 0. The van der Waals surface area contributed by atoms with Gasteiger partial charge in [-0.2, -0.15) is 0 Å². The predicted octanol–water partition coefficient (Wildman–Crippen LogP) is 3.11. The average molecular weight is 237 g/mol. The van der Waals surface area contributed by atoms with E-state index in [1.807, 2.05) is 18.2 Å². The van der Waals surface area contributed by atoms with Crippen LogP contribution in [0.1, 0.15) is 38.2 Å². The molecule has 1 aromatic rings. The first-order valence-electron chi connectivity index (χ1n) is 6.31. The first kappa shape index (κ1) is 13.8. The topological polar surface area (TPSA) is 44.5 Å². The Balaban J connectivity index is 2.46. The third-order valence-corrected chi connectivity index (χ3v) is 2.74. The number of rotatable bonds is 8. The van der Waals surface area contributed by atoms with Crippen LogP contribution in [0.3, 0.4) is 0 Å². The summed E-state index contributed by atoms with van der Waals surface area (Å²) in [6.07, 6.45) is 4.85. The molecule has 0 bridgehead atoms. The van der Waals surface area contributed by atoms with Crippen LogP contribution in [0.4, 0.5) is 0 Å². The number of hydrogen-bond donors (Lipinski definition) is 1. The van der Waals surface area contributed by atoms with Crippen LogP contribution in [-0.2, 0) is 6.54 Å². The molecule has 0 atom stereocenters. The summed E-state index contributed by atoms with van der Waals surface area (Å²) in [5.74, 6) is 1.70. The van der Waals surface area contributed by atoms with Gasteiger partial charge in [0.15, 0.2) is 0 Å². The van der Waals surface area contributed by atoms with Crippen molar-refractivity contribution in [3.8, 4) is 11.5 Å². The van der Waals surface area contributed by atoms with Crippen LogP contribution in [0.5, 0.6) is 11.5 Å². The number of hydrogen-bond acceptors (Lipinski definition) is 3. The van der Waals surface area contributed by atoms with Crippen molar-refractivity contribution in [2.45, 2.75) is 39.2 Å². The highest BCUT2D eigenvalue weighted by Gasteiger charge is 2.04. The second-order valence-electron chi connectivity index (χ2n) is 4.09. The van der Waals surface area contributed by atoms with E-state index in [1.54, 1.807) is 7.11 Å². The summed E-state index contributed by atoms with van der Waals surface area (Å²) in [5.41, 5.74) is 6.69. The van der Waals surface area contributed by atoms with Crippen molar-refractivity contribution in [2.75, 3.05) is 13.7 Å². The quantitative estimate of drug-likeness (QED) is 0.706. The van der Waals surface area contributed by atoms with E-state index >= 15 is 0 Å². The molecule has 0 aliphatic heterocycles. The highest BCUT2D eigenvalue weighted by atomic mass is 16.5. The first-order valence-corrected chi connectivity index (χ1v) is 6.31. The summed E-state index contributed by atoms with van der Waals surface area (Å²) in [7, 11) is 1.65. The molecule has 0 saturated carbocycles. The van der Waals surface area contributed by atoms with Gasteiger partial charge in [0.1, 0.15) is 11.5 Å². The summed E-state index contributed by atoms with van der Waals surface area (Å²) in [6, 6.07) is 5.77. The lowest BCUT2D eigenvalue weighted by atomic mass is 10.2. The molecule has 0 unspecified atom stereocenters. The highest BCUT2D eigenvalue weighted by molar-refractivity contribution is 5.40. The minimum atomic E-state index is 0.474. The van der Waals surface area contributed by atoms with E-state index in [9.17, 15) is 0 Å². The van der Waals surface area contributed by atoms with Crippen LogP contribution in [0.25, 0.3) is 0 Å². The molecule has 0 aromatic heterocycles. The van der Waals surface area contributed by atoms with Crippen molar-refractivity contribution in [1.82, 2.24) is 0 Å². The Kier molecular flexibility index (Phi) is 6.48. The molecule has 3 nitrogen and oxygen atoms in total. The van der Waals surface area contributed by atoms with Gasteiger partial charge in [0.25, 0.3) is 0 Å². The fraction of sp³-hybridized carbons (Fsp3) is 0.571. The highest BCUT2D eigenvalue weighted by Crippen LogP contribution is 2.23. The van der Waals surface area contributed by atoms with E-state index in [4.69, 9.17) is 15.2 Å². The van der Waals surface area contributed by atoms with Crippen LogP contribution in [0.2, 0.25) is 0 Å². The molecule has 0 saturated heterocycles. The third-order valence-electron chi connectivity index (χ3n) is 2.74. The van der Waals surface area contributed by atoms with Gasteiger partial charge in [-0.25, -0.2) is 0 Å². The van der Waals surface area contributed by atoms with Crippen molar-refractivity contribution in [1.29, 1.82) is 0 Å². The molecule has 2 N–H and O–H groups in total. The molecule has 0 radical (unpaired) electrons. The van der Waals surface area contributed by atoms with E-state index in [2.05, 4.69) is 6.92 Å². The number of methoxy groups -OCH3 is 1. The Bertz CT molecular complexity index is 326. The Morgan fingerprint density at radius 2 is 2.00 bits per heavy atom. The van der Waals surface area contributed by atoms with E-state index in [0.717, 1.165) is 30.1 Å². The monoisotopic (exact) mass is 237 g/mol. The Morgan fingerprint density at radius 1 is 1.18 bits per heavy atom. The number of ether oxygens (including phenoxy) is 2. The van der Waals surface area contributed by atoms with Crippen molar-refractivity contribution in [3.05, 3.63) is 23.8 Å². The Labute approximate surface area is 104 Å². The van der Waals surface area contributed by atoms with Gasteiger partial charge in [-0.15, -0.1) is 0 Å². The lowest BCUT2D eigenvalue weighted by Gasteiger charge is -2.11. The molecule has 1 aromatic carbocycles. The van der Waals surface area contributed by atoms with E-state index in [0.29, 0.717) is 6.54 Å². The second-order valence-corrected chi connectivity index (χ2v) is 4.09. The molecule has 0 aliphatic carbocycles. The van der Waals surface area contributed by atoms with Gasteiger partial charge in [0.2, 0.25) is 0 Å². The maximum absolute atomic E-state index is 5.74. The molecule has 1 rings (SSSR count). The van der Waals surface area contributed by atoms with E-state index in [-0.39, 0.29) is 0 Å². The lowest BCUT2D eigenvalue weighted by molar-refractivity contribution is 0.301. The van der Waals surface area contributed by atoms with Gasteiger partial charge >= 0.3 is 0 Å². The van der Waals surface area contributed by atoms with Gasteiger partial charge in [-0.1, -0.05) is 26.2 Å². The van der Waals surface area contributed by atoms with Gasteiger partial charge in [-0.05, 0) is 24.6 Å². The second kappa shape index (κ2) is 7.96. The predicted molar refractivity (Wildman–Crippen MR) is 70.5 cm³/mol. The Morgan fingerprint density at radius 3 is 2.65 bits per heavy atom. The van der Waals surface area contributed by atoms with E-state index in [1.165, 1.54) is 19.3 Å². The van der Waals surface area contributed by atoms with Crippen LogP contribution in [-0.4, -0.2) is 13.7 Å². The van der Waals surface area contributed by atoms with Crippen LogP contribution < -0.4 is 15.2 Å². The maximum Gasteiger partial charge on any atom is 0.124 e. The minimum absolute atomic E-state index is 0.474. The number of unbranched alkanes of at least 4 members (excludes halogenated alkanes) is 3. The van der Waals surface area contributed by atoms with Gasteiger partial charge in [-0.3, -0.25) is 0 Å². The third kappa shape index (κ3) is 4.65. The normalized spacial score (nSPS) is 10.3. The molecule has 0 spiro atoms. The minimum Gasteiger partial charge on any atom is -0.497 e. The number of benzene rings is 1. The zero-order valence-electron chi connectivity index (χ0n) is 10.9. The summed E-state index contributed by atoms with van der Waals surface area (Å²) in [5, 5.41) is 0. The molecular weight excluding hydrogens is 214 g/mol. The molecule has 0 fully saturated rings. The van der Waals surface area contributed by atoms with Crippen molar-refractivity contribution >= 4 is 0 Å². The number of nitrogens with two attached hydrogens (primary N) is 1. The van der Waals surface area contributed by atoms with Crippen LogP contribution in [0.15, 0.2) is 18.2 Å². The fourth-order valence-electron chi connectivity index (χ4n) is 1.69. The molecule has 0 heterocycles. The van der Waals surface area contributed by atoms with Crippen LogP contribution in [0, 0.1) is 0 Å². The summed E-state index contributed by atoms with van der Waals surface area (Å²) in [6.45, 7) is 3.44. The van der Waals surface area contributed by atoms with Gasteiger partial charge < -0.3 is 15.2 Å². The molecular formula is C14H23NO2. The molecule has 3 heteroatoms. The van der Waals surface area contributed by atoms with E-state index < -0.39 is 0 Å². The standard InChI is InChI=1S/C14H23NO2/c1-3-4-5-6-9-17-14-8-7-13(16-2)10-12(14)11-15/h7-8,10H,3-6,9,11,15H2,1-2H3. The largest absolute Gasteiger partial charge is 0.497 e. The zero-order valence-corrected chi connectivity index (χ0v) is 10.9. The van der Waals surface area contributed by atoms with Crippen molar-refractivity contribution < 1.29 is 9.47 Å². The molecule has 0 aliphatic rings. The van der Waals surface area contributed by atoms with Crippen molar-refractivity contribution in [2.24, 2.45) is 5.73 Å². The molecule has 0 amide bonds. The SMILES string of the molecule is CCCCCCOc1ccc(OC)cc1CN. The zero-order chi connectivity index (χ0) is 12.5. The Hall–Kier alpha value is -1.22. The molecule has 17 heavy (non-hydrogen) atoms. The van der Waals surface area contributed by atoms with Crippen molar-refractivity contribution in [3.63, 3.8) is 0 Å².